The van der Waals surface area contributed by atoms with Crippen molar-refractivity contribution in [3.63, 3.8) is 0 Å². The SMILES string of the molecule is O=C1C[C@H]2O/C(=C/CS(=O)(=O)CCO)CN12. The van der Waals surface area contributed by atoms with Gasteiger partial charge in [-0.3, -0.25) is 9.69 Å². The van der Waals surface area contributed by atoms with Crippen LogP contribution in [0.15, 0.2) is 11.8 Å². The largest absolute Gasteiger partial charge is 0.473 e. The lowest BCUT2D eigenvalue weighted by atomic mass is 10.2. The zero-order valence-electron chi connectivity index (χ0n) is 8.63. The summed E-state index contributed by atoms with van der Waals surface area (Å²) in [6, 6.07) is 0. The van der Waals surface area contributed by atoms with Crippen molar-refractivity contribution in [2.75, 3.05) is 24.7 Å². The molecule has 0 aromatic heterocycles. The van der Waals surface area contributed by atoms with Crippen LogP contribution in [0.3, 0.4) is 0 Å². The Bertz CT molecular complexity index is 427. The first-order valence-corrected chi connectivity index (χ1v) is 6.80. The fraction of sp³-hybridized carbons (Fsp3) is 0.667. The van der Waals surface area contributed by atoms with E-state index in [1.807, 2.05) is 0 Å². The number of ether oxygens (including phenoxy) is 1. The standard InChI is InChI=1S/C9H13NO5S/c11-2-4-16(13,14)3-1-7-6-10-8(12)5-9(10)15-7/h1,9,11H,2-6H2/b7-1+/t9-/m1/s1. The van der Waals surface area contributed by atoms with Crippen molar-refractivity contribution in [1.82, 2.24) is 4.90 Å². The summed E-state index contributed by atoms with van der Waals surface area (Å²) in [7, 11) is -3.26. The number of β-lactam (4-membered cyclic amide) rings is 1. The van der Waals surface area contributed by atoms with E-state index in [9.17, 15) is 13.2 Å². The Morgan fingerprint density at radius 3 is 2.88 bits per heavy atom. The molecule has 2 heterocycles. The number of carbonyl (C=O) groups is 1. The van der Waals surface area contributed by atoms with Gasteiger partial charge in [-0.25, -0.2) is 8.42 Å². The molecule has 2 aliphatic rings. The van der Waals surface area contributed by atoms with Gasteiger partial charge in [0.1, 0.15) is 5.76 Å². The van der Waals surface area contributed by atoms with Gasteiger partial charge in [-0.15, -0.1) is 0 Å². The van der Waals surface area contributed by atoms with Crippen LogP contribution >= 0.6 is 0 Å². The molecule has 0 bridgehead atoms. The Balaban J connectivity index is 1.92. The molecule has 0 radical (unpaired) electrons. The minimum Gasteiger partial charge on any atom is -0.473 e. The monoisotopic (exact) mass is 247 g/mol. The van der Waals surface area contributed by atoms with Gasteiger partial charge in [-0.2, -0.15) is 0 Å². The topological polar surface area (TPSA) is 83.9 Å². The Labute approximate surface area is 93.4 Å². The molecular weight excluding hydrogens is 234 g/mol. The molecule has 1 N–H and O–H groups in total. The van der Waals surface area contributed by atoms with Crippen LogP contribution in [0, 0.1) is 0 Å². The summed E-state index contributed by atoms with van der Waals surface area (Å²) in [6.07, 6.45) is 1.65. The van der Waals surface area contributed by atoms with Gasteiger partial charge >= 0.3 is 0 Å². The van der Waals surface area contributed by atoms with Crippen molar-refractivity contribution in [2.24, 2.45) is 0 Å². The normalized spacial score (nSPS) is 26.6. The van der Waals surface area contributed by atoms with E-state index in [0.29, 0.717) is 18.7 Å². The lowest BCUT2D eigenvalue weighted by Gasteiger charge is -2.30. The average Bonchev–Trinajstić information content (AvgIpc) is 2.52. The van der Waals surface area contributed by atoms with Crippen LogP contribution in [0.25, 0.3) is 0 Å². The molecule has 0 saturated carbocycles. The summed E-state index contributed by atoms with van der Waals surface area (Å²) >= 11 is 0. The predicted octanol–water partition coefficient (Wildman–Crippen LogP) is -1.13. The molecule has 2 saturated heterocycles. The minimum atomic E-state index is -3.26. The van der Waals surface area contributed by atoms with E-state index in [1.165, 1.54) is 6.08 Å². The number of fused-ring (bicyclic) bond motifs is 1. The Hall–Kier alpha value is -1.08. The van der Waals surface area contributed by atoms with Gasteiger partial charge in [0.2, 0.25) is 5.91 Å². The highest BCUT2D eigenvalue weighted by Crippen LogP contribution is 2.30. The van der Waals surface area contributed by atoms with Crippen molar-refractivity contribution in [2.45, 2.75) is 12.6 Å². The van der Waals surface area contributed by atoms with Crippen LogP contribution in [0.2, 0.25) is 0 Å². The van der Waals surface area contributed by atoms with Gasteiger partial charge in [0.25, 0.3) is 0 Å². The van der Waals surface area contributed by atoms with Crippen LogP contribution < -0.4 is 0 Å². The summed E-state index contributed by atoms with van der Waals surface area (Å²) in [5, 5.41) is 8.54. The first kappa shape index (κ1) is 11.4. The van der Waals surface area contributed by atoms with Crippen molar-refractivity contribution in [3.8, 4) is 0 Å². The highest BCUT2D eigenvalue weighted by atomic mass is 32.2. The van der Waals surface area contributed by atoms with Gasteiger partial charge in [0.15, 0.2) is 16.1 Å². The second kappa shape index (κ2) is 4.06. The Kier molecular flexibility index (Phi) is 2.90. The number of amides is 1. The number of aliphatic hydroxyl groups excluding tert-OH is 1. The van der Waals surface area contributed by atoms with E-state index >= 15 is 0 Å². The van der Waals surface area contributed by atoms with Crippen LogP contribution in [0.5, 0.6) is 0 Å². The number of sulfone groups is 1. The fourth-order valence-electron chi connectivity index (χ4n) is 1.66. The second-order valence-electron chi connectivity index (χ2n) is 3.81. The summed E-state index contributed by atoms with van der Waals surface area (Å²) in [5.74, 6) is 0.157. The predicted molar refractivity (Wildman–Crippen MR) is 55.0 cm³/mol. The molecule has 0 spiro atoms. The summed E-state index contributed by atoms with van der Waals surface area (Å²) in [6.45, 7) is -0.0161. The smallest absolute Gasteiger partial charge is 0.231 e. The molecule has 7 heteroatoms. The maximum absolute atomic E-state index is 11.3. The summed E-state index contributed by atoms with van der Waals surface area (Å²) < 4.78 is 27.9. The number of aliphatic hydroxyl groups is 1. The quantitative estimate of drug-likeness (QED) is 0.635. The molecule has 2 rings (SSSR count). The summed E-state index contributed by atoms with van der Waals surface area (Å²) in [4.78, 5) is 12.6. The lowest BCUT2D eigenvalue weighted by molar-refractivity contribution is -0.154. The molecule has 90 valence electrons. The number of rotatable bonds is 4. The maximum atomic E-state index is 11.3. The third-order valence-corrected chi connectivity index (χ3v) is 4.08. The Morgan fingerprint density at radius 2 is 2.31 bits per heavy atom. The number of carbonyl (C=O) groups excluding carboxylic acids is 1. The van der Waals surface area contributed by atoms with Crippen LogP contribution in [-0.2, 0) is 19.4 Å². The number of hydrogen-bond acceptors (Lipinski definition) is 5. The van der Waals surface area contributed by atoms with Crippen LogP contribution in [-0.4, -0.2) is 55.2 Å². The van der Waals surface area contributed by atoms with E-state index in [-0.39, 0.29) is 30.2 Å². The first-order valence-electron chi connectivity index (χ1n) is 4.98. The average molecular weight is 247 g/mol. The number of nitrogens with zero attached hydrogens (tertiary/aromatic N) is 1. The van der Waals surface area contributed by atoms with Gasteiger partial charge in [-0.05, 0) is 6.08 Å². The van der Waals surface area contributed by atoms with Gasteiger partial charge < -0.3 is 9.84 Å². The van der Waals surface area contributed by atoms with Crippen molar-refractivity contribution < 1.29 is 23.1 Å². The molecule has 2 fully saturated rings. The molecule has 0 aromatic carbocycles. The highest BCUT2D eigenvalue weighted by molar-refractivity contribution is 7.91. The molecule has 16 heavy (non-hydrogen) atoms. The zero-order chi connectivity index (χ0) is 11.8. The van der Waals surface area contributed by atoms with Crippen molar-refractivity contribution in [1.29, 1.82) is 0 Å². The van der Waals surface area contributed by atoms with Gasteiger partial charge in [0, 0.05) is 0 Å². The van der Waals surface area contributed by atoms with Crippen molar-refractivity contribution >= 4 is 15.7 Å². The molecule has 0 aliphatic carbocycles. The van der Waals surface area contributed by atoms with E-state index < -0.39 is 9.84 Å². The third-order valence-electron chi connectivity index (χ3n) is 2.60. The Morgan fingerprint density at radius 1 is 1.56 bits per heavy atom. The van der Waals surface area contributed by atoms with Gasteiger partial charge in [0.05, 0.1) is 31.1 Å². The maximum Gasteiger partial charge on any atom is 0.231 e. The highest BCUT2D eigenvalue weighted by Gasteiger charge is 2.43. The molecular formula is C9H13NO5S. The van der Waals surface area contributed by atoms with E-state index in [2.05, 4.69) is 0 Å². The molecule has 6 nitrogen and oxygen atoms in total. The molecule has 2 aliphatic heterocycles. The second-order valence-corrected chi connectivity index (χ2v) is 6.04. The number of hydrogen-bond donors (Lipinski definition) is 1. The van der Waals surface area contributed by atoms with Crippen LogP contribution in [0.1, 0.15) is 6.42 Å². The lowest BCUT2D eigenvalue weighted by Crippen LogP contribution is -2.48. The van der Waals surface area contributed by atoms with E-state index in [1.54, 1.807) is 4.90 Å². The molecule has 0 aromatic rings. The van der Waals surface area contributed by atoms with Gasteiger partial charge in [-0.1, -0.05) is 0 Å². The van der Waals surface area contributed by atoms with Crippen LogP contribution in [0.4, 0.5) is 0 Å². The first-order chi connectivity index (χ1) is 7.52. The summed E-state index contributed by atoms with van der Waals surface area (Å²) in [5.41, 5.74) is 0. The van der Waals surface area contributed by atoms with E-state index in [0.717, 1.165) is 0 Å². The molecule has 1 amide bonds. The fourth-order valence-corrected chi connectivity index (χ4v) is 2.54. The zero-order valence-corrected chi connectivity index (χ0v) is 9.44. The molecule has 1 atom stereocenters. The minimum absolute atomic E-state index is 0.0339. The molecule has 0 unspecified atom stereocenters. The third kappa shape index (κ3) is 2.19. The van der Waals surface area contributed by atoms with E-state index in [4.69, 9.17) is 9.84 Å². The van der Waals surface area contributed by atoms with Crippen molar-refractivity contribution in [3.05, 3.63) is 11.8 Å².